The number of hydrogen-bond acceptors (Lipinski definition) is 3. The first kappa shape index (κ1) is 71.0. The molecule has 0 saturated carbocycles. The molecule has 1 atom stereocenters. The standard InChI is InChI=1S/C66H129NO4S/c1-4-7-10-13-16-19-22-25-28-31-34-37-40-43-46-49-52-55-58-61-67(64-66(68)65-72(69,70)71,62-59-56-53-50-47-44-41-38-35-32-29-26-23-20-17-14-11-8-5-2)63-60-57-54-51-48-45-42-39-36-33-30-27-24-21-18-15-12-9-6-3/h58-63,66,68H,4-57,64-65H2,1-3H3/p+1/b61-58+,62-59+,63-60+. The minimum Gasteiger partial charge on any atom is -0.386 e. The topological polar surface area (TPSA) is 74.6 Å². The highest BCUT2D eigenvalue weighted by Crippen LogP contribution is 2.21. The van der Waals surface area contributed by atoms with Gasteiger partial charge < -0.3 is 5.11 Å². The van der Waals surface area contributed by atoms with Gasteiger partial charge >= 0.3 is 0 Å². The van der Waals surface area contributed by atoms with E-state index < -0.39 is 22.0 Å². The number of nitrogens with zero attached hydrogens (tertiary/aromatic N) is 1. The van der Waals surface area contributed by atoms with Gasteiger partial charge in [-0.05, 0) is 56.8 Å². The number of quaternary nitrogens is 1. The molecule has 0 aliphatic heterocycles. The van der Waals surface area contributed by atoms with E-state index in [-0.39, 0.29) is 11.0 Å². The Morgan fingerprint density at radius 2 is 0.472 bits per heavy atom. The Kier molecular flexibility index (Phi) is 57.0. The SMILES string of the molecule is CCCCCCCCCCCCCCCCCCC/C=C/[N+](/C=C/CCCCCCCCCCCCCCCCCCC)(/C=C/CCCCCCCCCCCCCCCCCCC)CC(O)CS(=O)(=O)O. The van der Waals surface area contributed by atoms with Gasteiger partial charge in [-0.25, -0.2) is 4.48 Å². The Balaban J connectivity index is 4.93. The van der Waals surface area contributed by atoms with Crippen LogP contribution in [0.3, 0.4) is 0 Å². The van der Waals surface area contributed by atoms with E-state index in [2.05, 4.69) is 57.6 Å². The zero-order chi connectivity index (χ0) is 52.4. The molecule has 0 saturated heterocycles. The maximum Gasteiger partial charge on any atom is 0.267 e. The van der Waals surface area contributed by atoms with Crippen LogP contribution in [0.4, 0.5) is 0 Å². The lowest BCUT2D eigenvalue weighted by molar-refractivity contribution is -0.777. The highest BCUT2D eigenvalue weighted by Gasteiger charge is 2.27. The van der Waals surface area contributed by atoms with Gasteiger partial charge in [-0.2, -0.15) is 8.42 Å². The van der Waals surface area contributed by atoms with E-state index in [4.69, 9.17) is 0 Å². The summed E-state index contributed by atoms with van der Waals surface area (Å²) < 4.78 is 33.7. The second-order valence-electron chi connectivity index (χ2n) is 23.1. The molecule has 0 radical (unpaired) electrons. The lowest BCUT2D eigenvalue weighted by atomic mass is 10.0. The number of unbranched alkanes of at least 4 members (excludes halogenated alkanes) is 51. The largest absolute Gasteiger partial charge is 0.386 e. The molecular formula is C66H130NO4S+. The zero-order valence-electron chi connectivity index (χ0n) is 49.2. The fourth-order valence-electron chi connectivity index (χ4n) is 10.8. The van der Waals surface area contributed by atoms with E-state index in [1.54, 1.807) is 0 Å². The van der Waals surface area contributed by atoms with Gasteiger partial charge in [-0.15, -0.1) is 0 Å². The van der Waals surface area contributed by atoms with Crippen molar-refractivity contribution in [2.24, 2.45) is 0 Å². The van der Waals surface area contributed by atoms with E-state index in [1.807, 2.05) is 0 Å². The van der Waals surface area contributed by atoms with Crippen LogP contribution in [0.25, 0.3) is 0 Å². The fourth-order valence-corrected chi connectivity index (χ4v) is 11.4. The molecule has 1 unspecified atom stereocenters. The minimum atomic E-state index is -4.29. The molecule has 0 spiro atoms. The maximum atomic E-state index is 11.9. The van der Waals surface area contributed by atoms with Crippen molar-refractivity contribution in [3.63, 3.8) is 0 Å². The first-order valence-electron chi connectivity index (χ1n) is 32.8. The number of aliphatic hydroxyl groups is 1. The molecule has 0 rings (SSSR count). The van der Waals surface area contributed by atoms with Crippen LogP contribution in [0.15, 0.2) is 36.8 Å². The Labute approximate surface area is 453 Å². The molecule has 428 valence electrons. The Hall–Kier alpha value is -0.950. The monoisotopic (exact) mass is 1030 g/mol. The van der Waals surface area contributed by atoms with Gasteiger partial charge in [0.1, 0.15) is 37.0 Å². The van der Waals surface area contributed by atoms with Crippen molar-refractivity contribution in [1.82, 2.24) is 0 Å². The molecule has 0 aromatic carbocycles. The van der Waals surface area contributed by atoms with Crippen molar-refractivity contribution in [2.75, 3.05) is 12.3 Å². The molecule has 0 heterocycles. The first-order valence-corrected chi connectivity index (χ1v) is 34.4. The summed E-state index contributed by atoms with van der Waals surface area (Å²) in [5.41, 5.74) is 0. The van der Waals surface area contributed by atoms with Crippen LogP contribution < -0.4 is 0 Å². The summed E-state index contributed by atoms with van der Waals surface area (Å²) in [6.07, 6.45) is 84.8. The average Bonchev–Trinajstić information content (AvgIpc) is 3.35. The van der Waals surface area contributed by atoms with Gasteiger partial charge in [-0.1, -0.05) is 329 Å². The van der Waals surface area contributed by atoms with E-state index in [9.17, 15) is 18.1 Å². The quantitative estimate of drug-likeness (QED) is 0.0362. The summed E-state index contributed by atoms with van der Waals surface area (Å²) in [5.74, 6) is -0.639. The molecule has 2 N–H and O–H groups in total. The van der Waals surface area contributed by atoms with E-state index in [0.717, 1.165) is 38.5 Å². The third kappa shape index (κ3) is 56.8. The van der Waals surface area contributed by atoms with Gasteiger partial charge in [0.25, 0.3) is 10.1 Å². The fraction of sp³-hybridized carbons (Fsp3) is 0.909. The normalized spacial score (nSPS) is 13.0. The van der Waals surface area contributed by atoms with Crippen LogP contribution in [0, 0.1) is 0 Å². The average molecular weight is 1030 g/mol. The van der Waals surface area contributed by atoms with Gasteiger partial charge in [0.2, 0.25) is 0 Å². The van der Waals surface area contributed by atoms with Crippen LogP contribution >= 0.6 is 0 Å². The summed E-state index contributed by atoms with van der Waals surface area (Å²) >= 11 is 0. The summed E-state index contributed by atoms with van der Waals surface area (Å²) in [5, 5.41) is 11.0. The van der Waals surface area contributed by atoms with Crippen LogP contribution in [0.2, 0.25) is 0 Å². The molecule has 6 heteroatoms. The first-order chi connectivity index (χ1) is 35.3. The maximum absolute atomic E-state index is 11.9. The second kappa shape index (κ2) is 57.7. The van der Waals surface area contributed by atoms with Crippen LogP contribution in [-0.2, 0) is 10.1 Å². The van der Waals surface area contributed by atoms with E-state index >= 15 is 0 Å². The van der Waals surface area contributed by atoms with Crippen molar-refractivity contribution < 1.29 is 22.6 Å². The smallest absolute Gasteiger partial charge is 0.267 e. The predicted molar refractivity (Wildman–Crippen MR) is 321 cm³/mol. The van der Waals surface area contributed by atoms with Crippen LogP contribution in [0.5, 0.6) is 0 Å². The van der Waals surface area contributed by atoms with E-state index in [1.165, 1.54) is 308 Å². The molecule has 0 aromatic rings. The van der Waals surface area contributed by atoms with Crippen molar-refractivity contribution in [1.29, 1.82) is 0 Å². The molecule has 0 fully saturated rings. The number of hydrogen-bond donors (Lipinski definition) is 2. The lowest BCUT2D eigenvalue weighted by Gasteiger charge is -2.29. The Morgan fingerprint density at radius 1 is 0.306 bits per heavy atom. The van der Waals surface area contributed by atoms with Crippen molar-refractivity contribution in [3.8, 4) is 0 Å². The van der Waals surface area contributed by atoms with Crippen molar-refractivity contribution >= 4 is 10.1 Å². The van der Waals surface area contributed by atoms with Crippen LogP contribution in [-0.4, -0.2) is 41.0 Å². The lowest BCUT2D eigenvalue weighted by Crippen LogP contribution is -2.41. The van der Waals surface area contributed by atoms with Gasteiger partial charge in [0, 0.05) is 0 Å². The number of allylic oxidation sites excluding steroid dienone is 3. The van der Waals surface area contributed by atoms with Gasteiger partial charge in [0.15, 0.2) is 0 Å². The predicted octanol–water partition coefficient (Wildman–Crippen LogP) is 22.7. The molecule has 0 aliphatic carbocycles. The molecule has 0 aromatic heterocycles. The van der Waals surface area contributed by atoms with Crippen molar-refractivity contribution in [3.05, 3.63) is 36.8 Å². The molecular weight excluding hydrogens is 903 g/mol. The van der Waals surface area contributed by atoms with Gasteiger partial charge in [-0.3, -0.25) is 4.55 Å². The van der Waals surface area contributed by atoms with Gasteiger partial charge in [0.05, 0.1) is 0 Å². The van der Waals surface area contributed by atoms with E-state index in [0.29, 0.717) is 0 Å². The molecule has 0 amide bonds. The third-order valence-corrected chi connectivity index (χ3v) is 16.3. The number of rotatable bonds is 61. The van der Waals surface area contributed by atoms with Crippen molar-refractivity contribution in [2.45, 2.75) is 374 Å². The highest BCUT2D eigenvalue weighted by molar-refractivity contribution is 7.85. The van der Waals surface area contributed by atoms with Crippen LogP contribution in [0.1, 0.15) is 367 Å². The molecule has 72 heavy (non-hydrogen) atoms. The Morgan fingerprint density at radius 3 is 0.639 bits per heavy atom. The molecule has 0 bridgehead atoms. The minimum absolute atomic E-state index is 0.195. The summed E-state index contributed by atoms with van der Waals surface area (Å²) in [6, 6.07) is 0. The second-order valence-corrected chi connectivity index (χ2v) is 24.6. The molecule has 5 nitrogen and oxygen atoms in total. The summed E-state index contributed by atoms with van der Waals surface area (Å²) in [6.45, 7) is 7.08. The summed E-state index contributed by atoms with van der Waals surface area (Å²) in [4.78, 5) is 0. The highest BCUT2D eigenvalue weighted by atomic mass is 32.2. The zero-order valence-corrected chi connectivity index (χ0v) is 50.0. The molecule has 0 aliphatic rings. The summed E-state index contributed by atoms with van der Waals surface area (Å²) in [7, 11) is -4.29. The Bertz CT molecular complexity index is 1130. The number of aliphatic hydroxyl groups excluding tert-OH is 1. The third-order valence-electron chi connectivity index (χ3n) is 15.5.